The Kier molecular flexibility index (Phi) is 5.97. The van der Waals surface area contributed by atoms with Crippen LogP contribution in [0.25, 0.3) is 0 Å². The number of carbonyl (C=O) groups excluding carboxylic acids is 1. The summed E-state index contributed by atoms with van der Waals surface area (Å²) in [5, 5.41) is 6.14. The van der Waals surface area contributed by atoms with Gasteiger partial charge in [0.15, 0.2) is 0 Å². The minimum absolute atomic E-state index is 0.166. The molecule has 0 unspecified atom stereocenters. The van der Waals surface area contributed by atoms with Gasteiger partial charge in [0, 0.05) is 18.4 Å². The van der Waals surface area contributed by atoms with E-state index in [0.29, 0.717) is 24.8 Å². The number of rotatable bonds is 7. The van der Waals surface area contributed by atoms with Gasteiger partial charge < -0.3 is 15.4 Å². The van der Waals surface area contributed by atoms with Gasteiger partial charge >= 0.3 is 0 Å². The predicted molar refractivity (Wildman–Crippen MR) is 92.3 cm³/mol. The van der Waals surface area contributed by atoms with E-state index in [1.165, 1.54) is 0 Å². The molecule has 1 amide bonds. The lowest BCUT2D eigenvalue weighted by Gasteiger charge is -2.13. The fourth-order valence-electron chi connectivity index (χ4n) is 2.03. The molecule has 0 saturated carbocycles. The molecule has 5 heteroatoms. The molecular weight excluding hydrogens is 290 g/mol. The van der Waals surface area contributed by atoms with Crippen LogP contribution in [0.5, 0.6) is 5.75 Å². The Morgan fingerprint density at radius 3 is 2.78 bits per heavy atom. The van der Waals surface area contributed by atoms with E-state index in [9.17, 15) is 4.79 Å². The largest absolute Gasteiger partial charge is 0.492 e. The summed E-state index contributed by atoms with van der Waals surface area (Å²) in [6.07, 6.45) is 1.62. The summed E-state index contributed by atoms with van der Waals surface area (Å²) in [4.78, 5) is 16.2. The van der Waals surface area contributed by atoms with Crippen molar-refractivity contribution in [3.63, 3.8) is 0 Å². The van der Waals surface area contributed by atoms with Gasteiger partial charge in [-0.15, -0.1) is 0 Å². The highest BCUT2D eigenvalue weighted by atomic mass is 16.5. The van der Waals surface area contributed by atoms with Crippen LogP contribution in [0.2, 0.25) is 0 Å². The Hall–Kier alpha value is -2.56. The maximum absolute atomic E-state index is 12.1. The zero-order valence-electron chi connectivity index (χ0n) is 13.8. The average molecular weight is 313 g/mol. The topological polar surface area (TPSA) is 63.2 Å². The van der Waals surface area contributed by atoms with Crippen molar-refractivity contribution in [1.82, 2.24) is 10.3 Å². The van der Waals surface area contributed by atoms with Gasteiger partial charge in [0.1, 0.15) is 11.4 Å². The molecule has 2 aromatic rings. The third kappa shape index (κ3) is 4.98. The molecule has 0 saturated heterocycles. The molecule has 1 aromatic carbocycles. The second kappa shape index (κ2) is 8.17. The lowest BCUT2D eigenvalue weighted by molar-refractivity contribution is 0.0944. The van der Waals surface area contributed by atoms with Crippen LogP contribution < -0.4 is 15.4 Å². The monoisotopic (exact) mass is 313 g/mol. The van der Waals surface area contributed by atoms with Gasteiger partial charge in [-0.3, -0.25) is 9.78 Å². The molecule has 0 atom stereocenters. The molecule has 0 bridgehead atoms. The van der Waals surface area contributed by atoms with E-state index in [-0.39, 0.29) is 5.91 Å². The van der Waals surface area contributed by atoms with Gasteiger partial charge in [-0.1, -0.05) is 26.0 Å². The zero-order chi connectivity index (χ0) is 16.7. The molecular formula is C18H23N3O2. The van der Waals surface area contributed by atoms with Gasteiger partial charge in [0.05, 0.1) is 12.3 Å². The number of para-hydroxylation sites is 2. The summed E-state index contributed by atoms with van der Waals surface area (Å²) in [5.41, 5.74) is 2.04. The number of carbonyl (C=O) groups is 1. The molecule has 1 heterocycles. The minimum Gasteiger partial charge on any atom is -0.492 e. The Morgan fingerprint density at radius 2 is 2.04 bits per heavy atom. The van der Waals surface area contributed by atoms with Gasteiger partial charge in [0.2, 0.25) is 0 Å². The number of hydrogen-bond donors (Lipinski definition) is 2. The van der Waals surface area contributed by atoms with Crippen LogP contribution in [0.15, 0.2) is 42.6 Å². The molecule has 2 N–H and O–H groups in total. The molecule has 0 aliphatic heterocycles. The normalized spacial score (nSPS) is 10.4. The van der Waals surface area contributed by atoms with Crippen LogP contribution in [0.1, 0.15) is 31.3 Å². The smallest absolute Gasteiger partial charge is 0.269 e. The van der Waals surface area contributed by atoms with Crippen molar-refractivity contribution < 1.29 is 9.53 Å². The van der Waals surface area contributed by atoms with Crippen LogP contribution in [-0.4, -0.2) is 24.0 Å². The summed E-state index contributed by atoms with van der Waals surface area (Å²) in [7, 11) is 0. The second-order valence-electron chi connectivity index (χ2n) is 5.59. The summed E-state index contributed by atoms with van der Waals surface area (Å²) >= 11 is 0. The van der Waals surface area contributed by atoms with Gasteiger partial charge in [0.25, 0.3) is 5.91 Å². The molecule has 0 aliphatic carbocycles. The molecule has 122 valence electrons. The molecule has 2 rings (SSSR count). The standard InChI is InChI=1S/C18H23N3O2/c1-4-23-17-8-6-5-7-15(17)21-14-9-10-19-16(11-14)18(22)20-12-13(2)3/h5-11,13H,4,12H2,1-3H3,(H,19,21)(H,20,22). The predicted octanol–water partition coefficient (Wildman–Crippen LogP) is 3.61. The molecule has 0 fully saturated rings. The lowest BCUT2D eigenvalue weighted by Crippen LogP contribution is -2.28. The van der Waals surface area contributed by atoms with Crippen molar-refractivity contribution in [2.75, 3.05) is 18.5 Å². The Bertz CT molecular complexity index is 656. The van der Waals surface area contributed by atoms with Crippen LogP contribution >= 0.6 is 0 Å². The highest BCUT2D eigenvalue weighted by Crippen LogP contribution is 2.27. The number of amides is 1. The first kappa shape index (κ1) is 16.8. The van der Waals surface area contributed by atoms with E-state index in [1.807, 2.05) is 37.3 Å². The summed E-state index contributed by atoms with van der Waals surface area (Å²) in [5.74, 6) is 1.01. The van der Waals surface area contributed by atoms with E-state index in [2.05, 4.69) is 29.5 Å². The van der Waals surface area contributed by atoms with Crippen LogP contribution in [-0.2, 0) is 0 Å². The maximum Gasteiger partial charge on any atom is 0.269 e. The van der Waals surface area contributed by atoms with Crippen molar-refractivity contribution in [2.24, 2.45) is 5.92 Å². The fraction of sp³-hybridized carbons (Fsp3) is 0.333. The molecule has 0 aliphatic rings. The number of hydrogen-bond acceptors (Lipinski definition) is 4. The van der Waals surface area contributed by atoms with Crippen molar-refractivity contribution in [3.05, 3.63) is 48.3 Å². The Labute approximate surface area is 137 Å². The SMILES string of the molecule is CCOc1ccccc1Nc1ccnc(C(=O)NCC(C)C)c1. The molecule has 5 nitrogen and oxygen atoms in total. The van der Waals surface area contributed by atoms with Crippen LogP contribution in [0.4, 0.5) is 11.4 Å². The van der Waals surface area contributed by atoms with Crippen LogP contribution in [0, 0.1) is 5.92 Å². The number of benzene rings is 1. The molecule has 23 heavy (non-hydrogen) atoms. The first-order chi connectivity index (χ1) is 11.1. The molecule has 0 spiro atoms. The summed E-state index contributed by atoms with van der Waals surface area (Å²) < 4.78 is 5.59. The number of anilines is 2. The number of nitrogens with zero attached hydrogens (tertiary/aromatic N) is 1. The third-order valence-electron chi connectivity index (χ3n) is 3.13. The molecule has 1 aromatic heterocycles. The van der Waals surface area contributed by atoms with Crippen molar-refractivity contribution in [1.29, 1.82) is 0 Å². The van der Waals surface area contributed by atoms with Gasteiger partial charge in [-0.05, 0) is 37.1 Å². The van der Waals surface area contributed by atoms with E-state index >= 15 is 0 Å². The Morgan fingerprint density at radius 1 is 1.26 bits per heavy atom. The number of aromatic nitrogens is 1. The zero-order valence-corrected chi connectivity index (χ0v) is 13.8. The van der Waals surface area contributed by atoms with Crippen molar-refractivity contribution >= 4 is 17.3 Å². The number of pyridine rings is 1. The van der Waals surface area contributed by atoms with Crippen molar-refractivity contribution in [3.8, 4) is 5.75 Å². The first-order valence-electron chi connectivity index (χ1n) is 7.83. The van der Waals surface area contributed by atoms with E-state index in [0.717, 1.165) is 17.1 Å². The lowest BCUT2D eigenvalue weighted by atomic mass is 10.2. The van der Waals surface area contributed by atoms with E-state index in [1.54, 1.807) is 12.3 Å². The van der Waals surface area contributed by atoms with Crippen LogP contribution in [0.3, 0.4) is 0 Å². The highest BCUT2D eigenvalue weighted by molar-refractivity contribution is 5.93. The van der Waals surface area contributed by atoms with E-state index < -0.39 is 0 Å². The second-order valence-corrected chi connectivity index (χ2v) is 5.59. The van der Waals surface area contributed by atoms with Crippen molar-refractivity contribution in [2.45, 2.75) is 20.8 Å². The average Bonchev–Trinajstić information content (AvgIpc) is 2.55. The highest BCUT2D eigenvalue weighted by Gasteiger charge is 2.09. The van der Waals surface area contributed by atoms with Gasteiger partial charge in [-0.2, -0.15) is 0 Å². The summed E-state index contributed by atoms with van der Waals surface area (Å²) in [6.45, 7) is 7.27. The van der Waals surface area contributed by atoms with Gasteiger partial charge in [-0.25, -0.2) is 0 Å². The van der Waals surface area contributed by atoms with E-state index in [4.69, 9.17) is 4.74 Å². The maximum atomic E-state index is 12.1. The first-order valence-corrected chi connectivity index (χ1v) is 7.83. The third-order valence-corrected chi connectivity index (χ3v) is 3.13. The summed E-state index contributed by atoms with van der Waals surface area (Å²) in [6, 6.07) is 11.3. The quantitative estimate of drug-likeness (QED) is 0.819. The number of ether oxygens (including phenoxy) is 1. The Balaban J connectivity index is 2.13. The minimum atomic E-state index is -0.166. The molecule has 0 radical (unpaired) electrons. The fourth-order valence-corrected chi connectivity index (χ4v) is 2.03. The number of nitrogens with one attached hydrogen (secondary N) is 2.